The molecule has 1 heteroatoms. The second kappa shape index (κ2) is 6.72. The van der Waals surface area contributed by atoms with E-state index in [4.69, 9.17) is 0 Å². The van der Waals surface area contributed by atoms with Gasteiger partial charge in [0.1, 0.15) is 5.78 Å². The Balaban J connectivity index is 1.86. The molecular weight excluding hydrogens is 220 g/mol. The number of Topliss-reactive ketones (excluding diaryl/α,β-unsaturated/α-hetero) is 1. The Morgan fingerprint density at radius 2 is 1.78 bits per heavy atom. The van der Waals surface area contributed by atoms with Crippen molar-refractivity contribution in [2.45, 2.75) is 58.3 Å². The first-order valence-corrected chi connectivity index (χ1v) is 7.34. The minimum atomic E-state index is 0.358. The zero-order valence-electron chi connectivity index (χ0n) is 11.5. The van der Waals surface area contributed by atoms with Crippen LogP contribution in [0.3, 0.4) is 0 Å². The fourth-order valence-corrected chi connectivity index (χ4v) is 2.95. The van der Waals surface area contributed by atoms with E-state index in [0.717, 1.165) is 25.7 Å². The van der Waals surface area contributed by atoms with E-state index in [2.05, 4.69) is 31.2 Å². The first-order valence-electron chi connectivity index (χ1n) is 7.34. The van der Waals surface area contributed by atoms with Crippen LogP contribution in [0.4, 0.5) is 0 Å². The molecule has 0 radical (unpaired) electrons. The second-order valence-corrected chi connectivity index (χ2v) is 5.58. The van der Waals surface area contributed by atoms with Crippen molar-refractivity contribution in [1.82, 2.24) is 0 Å². The van der Waals surface area contributed by atoms with Crippen molar-refractivity contribution in [3.8, 4) is 0 Å². The smallest absolute Gasteiger partial charge is 0.136 e. The molecule has 0 spiro atoms. The van der Waals surface area contributed by atoms with Gasteiger partial charge in [-0.05, 0) is 37.3 Å². The molecule has 1 nitrogen and oxygen atoms in total. The first kappa shape index (κ1) is 13.3. The van der Waals surface area contributed by atoms with Gasteiger partial charge in [-0.1, -0.05) is 49.9 Å². The van der Waals surface area contributed by atoms with Gasteiger partial charge in [-0.25, -0.2) is 0 Å². The monoisotopic (exact) mass is 244 g/mol. The zero-order chi connectivity index (χ0) is 12.8. The number of ketones is 1. The summed E-state index contributed by atoms with van der Waals surface area (Å²) >= 11 is 0. The van der Waals surface area contributed by atoms with Crippen LogP contribution in [0.1, 0.15) is 56.1 Å². The van der Waals surface area contributed by atoms with Crippen molar-refractivity contribution in [2.24, 2.45) is 5.92 Å². The van der Waals surface area contributed by atoms with E-state index in [0.29, 0.717) is 11.7 Å². The molecule has 0 heterocycles. The molecule has 0 bridgehead atoms. The lowest BCUT2D eigenvalue weighted by atomic mass is 9.91. The van der Waals surface area contributed by atoms with Gasteiger partial charge in [0.2, 0.25) is 0 Å². The van der Waals surface area contributed by atoms with Gasteiger partial charge in [-0.2, -0.15) is 0 Å². The molecule has 1 aromatic rings. The van der Waals surface area contributed by atoms with Gasteiger partial charge in [0.05, 0.1) is 0 Å². The van der Waals surface area contributed by atoms with Crippen molar-refractivity contribution < 1.29 is 4.79 Å². The SMILES string of the molecule is Cc1ccccc1CCC(=O)C1CCCCCC1. The Labute approximate surface area is 111 Å². The summed E-state index contributed by atoms with van der Waals surface area (Å²) in [6.07, 6.45) is 9.06. The lowest BCUT2D eigenvalue weighted by Gasteiger charge is -2.13. The van der Waals surface area contributed by atoms with Gasteiger partial charge in [0.25, 0.3) is 0 Å². The second-order valence-electron chi connectivity index (χ2n) is 5.58. The zero-order valence-corrected chi connectivity index (χ0v) is 11.5. The fraction of sp³-hybridized carbons (Fsp3) is 0.588. The molecular formula is C17H24O. The van der Waals surface area contributed by atoms with E-state index in [-0.39, 0.29) is 0 Å². The molecule has 0 aromatic heterocycles. The minimum Gasteiger partial charge on any atom is -0.299 e. The van der Waals surface area contributed by atoms with Gasteiger partial charge in [-0.15, -0.1) is 0 Å². The van der Waals surface area contributed by atoms with Crippen LogP contribution in [0.5, 0.6) is 0 Å². The van der Waals surface area contributed by atoms with Crippen LogP contribution in [0, 0.1) is 12.8 Å². The predicted octanol–water partition coefficient (Wildman–Crippen LogP) is 4.47. The molecule has 0 amide bonds. The molecule has 18 heavy (non-hydrogen) atoms. The van der Waals surface area contributed by atoms with Crippen molar-refractivity contribution in [1.29, 1.82) is 0 Å². The quantitative estimate of drug-likeness (QED) is 0.714. The molecule has 0 unspecified atom stereocenters. The fourth-order valence-electron chi connectivity index (χ4n) is 2.95. The maximum Gasteiger partial charge on any atom is 0.136 e. The summed E-state index contributed by atoms with van der Waals surface area (Å²) in [6, 6.07) is 8.41. The van der Waals surface area contributed by atoms with Crippen molar-refractivity contribution >= 4 is 5.78 Å². The van der Waals surface area contributed by atoms with Crippen LogP contribution in [0.2, 0.25) is 0 Å². The van der Waals surface area contributed by atoms with Crippen LogP contribution < -0.4 is 0 Å². The van der Waals surface area contributed by atoms with Gasteiger partial charge < -0.3 is 0 Å². The Morgan fingerprint density at radius 1 is 1.11 bits per heavy atom. The molecule has 1 fully saturated rings. The number of carbonyl (C=O) groups excluding carboxylic acids is 1. The predicted molar refractivity (Wildman–Crippen MR) is 75.7 cm³/mol. The first-order chi connectivity index (χ1) is 8.77. The normalized spacial score (nSPS) is 17.4. The van der Waals surface area contributed by atoms with Crippen LogP contribution in [0.25, 0.3) is 0 Å². The van der Waals surface area contributed by atoms with Gasteiger partial charge in [0.15, 0.2) is 0 Å². The topological polar surface area (TPSA) is 17.1 Å². The highest BCUT2D eigenvalue weighted by atomic mass is 16.1. The Morgan fingerprint density at radius 3 is 2.44 bits per heavy atom. The molecule has 0 aliphatic heterocycles. The molecule has 0 N–H and O–H groups in total. The van der Waals surface area contributed by atoms with Crippen LogP contribution in [-0.4, -0.2) is 5.78 Å². The Kier molecular flexibility index (Phi) is 4.98. The molecule has 1 saturated carbocycles. The largest absolute Gasteiger partial charge is 0.299 e. The molecule has 2 rings (SSSR count). The van der Waals surface area contributed by atoms with Gasteiger partial charge in [-0.3, -0.25) is 4.79 Å². The molecule has 1 aliphatic rings. The van der Waals surface area contributed by atoms with Crippen molar-refractivity contribution in [3.63, 3.8) is 0 Å². The summed E-state index contributed by atoms with van der Waals surface area (Å²) in [5, 5.41) is 0. The minimum absolute atomic E-state index is 0.358. The maximum absolute atomic E-state index is 12.2. The number of benzene rings is 1. The number of hydrogen-bond acceptors (Lipinski definition) is 1. The van der Waals surface area contributed by atoms with Crippen molar-refractivity contribution in [3.05, 3.63) is 35.4 Å². The molecule has 98 valence electrons. The van der Waals surface area contributed by atoms with Gasteiger partial charge in [0, 0.05) is 12.3 Å². The van der Waals surface area contributed by atoms with E-state index < -0.39 is 0 Å². The third-order valence-corrected chi connectivity index (χ3v) is 4.21. The summed E-state index contributed by atoms with van der Waals surface area (Å²) in [6.45, 7) is 2.13. The Bertz CT molecular complexity index is 386. The highest BCUT2D eigenvalue weighted by Crippen LogP contribution is 2.25. The van der Waals surface area contributed by atoms with E-state index >= 15 is 0 Å². The summed E-state index contributed by atoms with van der Waals surface area (Å²) < 4.78 is 0. The summed E-state index contributed by atoms with van der Waals surface area (Å²) in [7, 11) is 0. The summed E-state index contributed by atoms with van der Waals surface area (Å²) in [4.78, 5) is 12.2. The third kappa shape index (κ3) is 3.69. The lowest BCUT2D eigenvalue weighted by molar-refractivity contribution is -0.123. The van der Waals surface area contributed by atoms with E-state index in [9.17, 15) is 4.79 Å². The lowest BCUT2D eigenvalue weighted by Crippen LogP contribution is -2.14. The highest BCUT2D eigenvalue weighted by molar-refractivity contribution is 5.81. The number of hydrogen-bond donors (Lipinski definition) is 0. The van der Waals surface area contributed by atoms with Crippen LogP contribution in [0.15, 0.2) is 24.3 Å². The van der Waals surface area contributed by atoms with Crippen molar-refractivity contribution in [2.75, 3.05) is 0 Å². The molecule has 0 atom stereocenters. The highest BCUT2D eigenvalue weighted by Gasteiger charge is 2.19. The number of carbonyl (C=O) groups is 1. The van der Waals surface area contributed by atoms with Crippen LogP contribution in [-0.2, 0) is 11.2 Å². The van der Waals surface area contributed by atoms with E-state index in [1.165, 1.54) is 36.8 Å². The third-order valence-electron chi connectivity index (χ3n) is 4.21. The van der Waals surface area contributed by atoms with E-state index in [1.807, 2.05) is 0 Å². The maximum atomic E-state index is 12.2. The summed E-state index contributed by atoms with van der Waals surface area (Å²) in [5.41, 5.74) is 2.64. The van der Waals surface area contributed by atoms with Crippen LogP contribution >= 0.6 is 0 Å². The number of rotatable bonds is 4. The standard InChI is InChI=1S/C17H24O/c1-14-8-6-7-9-15(14)12-13-17(18)16-10-4-2-3-5-11-16/h6-9,16H,2-5,10-13H2,1H3. The van der Waals surface area contributed by atoms with E-state index in [1.54, 1.807) is 0 Å². The Hall–Kier alpha value is -1.11. The molecule has 1 aliphatic carbocycles. The molecule has 1 aromatic carbocycles. The average molecular weight is 244 g/mol. The summed E-state index contributed by atoms with van der Waals surface area (Å²) in [5.74, 6) is 0.858. The average Bonchev–Trinajstić information content (AvgIpc) is 2.66. The van der Waals surface area contributed by atoms with Gasteiger partial charge >= 0.3 is 0 Å². The number of aryl methyl sites for hydroxylation is 2. The molecule has 0 saturated heterocycles.